The van der Waals surface area contributed by atoms with Crippen molar-refractivity contribution in [1.29, 1.82) is 0 Å². The van der Waals surface area contributed by atoms with Gasteiger partial charge in [0.05, 0.1) is 0 Å². The molecule has 0 bridgehead atoms. The van der Waals surface area contributed by atoms with Gasteiger partial charge < -0.3 is 25.8 Å². The fourth-order valence-electron chi connectivity index (χ4n) is 2.04. The predicted octanol–water partition coefficient (Wildman–Crippen LogP) is 2.04. The van der Waals surface area contributed by atoms with Gasteiger partial charge in [0.15, 0.2) is 12.6 Å². The normalized spacial score (nSPS) is 10.8. The first-order valence-electron chi connectivity index (χ1n) is 8.68. The summed E-state index contributed by atoms with van der Waals surface area (Å²) >= 11 is 0. The lowest BCUT2D eigenvalue weighted by molar-refractivity contribution is -0.119. The van der Waals surface area contributed by atoms with E-state index in [0.717, 1.165) is 50.5 Å². The Bertz CT molecular complexity index is 541. The Morgan fingerprint density at radius 3 is 2.69 bits per heavy atom. The van der Waals surface area contributed by atoms with E-state index in [1.165, 1.54) is 0 Å². The summed E-state index contributed by atoms with van der Waals surface area (Å²) < 4.78 is 10.8. The Kier molecular flexibility index (Phi) is 14.8. The molecule has 0 saturated heterocycles. The molecule has 1 rings (SSSR count). The van der Waals surface area contributed by atoms with E-state index in [1.807, 2.05) is 18.2 Å². The van der Waals surface area contributed by atoms with Crippen molar-refractivity contribution in [2.75, 3.05) is 33.4 Å². The molecule has 148 valence electrons. The van der Waals surface area contributed by atoms with Crippen LogP contribution in [-0.2, 0) is 16.1 Å². The summed E-state index contributed by atoms with van der Waals surface area (Å²) in [5, 5.41) is 6.49. The third kappa shape index (κ3) is 11.9. The number of amides is 1. The summed E-state index contributed by atoms with van der Waals surface area (Å²) in [6.07, 6.45) is 3.20. The average Bonchev–Trinajstić information content (AvgIpc) is 2.62. The molecule has 0 saturated carbocycles. The molecule has 0 aromatic heterocycles. The van der Waals surface area contributed by atoms with Crippen LogP contribution in [0.5, 0.6) is 5.75 Å². The molecule has 0 aliphatic heterocycles. The monoisotopic (exact) mass is 478 g/mol. The maximum atomic E-state index is 10.8. The number of hydrogen-bond donors (Lipinski definition) is 3. The van der Waals surface area contributed by atoms with Crippen LogP contribution >= 0.6 is 24.0 Å². The Labute approximate surface area is 173 Å². The minimum atomic E-state index is -0.494. The van der Waals surface area contributed by atoms with Gasteiger partial charge in [-0.15, -0.1) is 24.0 Å². The van der Waals surface area contributed by atoms with Gasteiger partial charge in [-0.05, 0) is 30.5 Å². The molecule has 1 aromatic carbocycles. The second-order valence-electron chi connectivity index (χ2n) is 5.57. The van der Waals surface area contributed by atoms with Crippen LogP contribution in [0.3, 0.4) is 0 Å². The molecule has 1 aromatic rings. The van der Waals surface area contributed by atoms with E-state index in [-0.39, 0.29) is 30.6 Å². The molecule has 0 aliphatic carbocycles. The van der Waals surface area contributed by atoms with Crippen LogP contribution in [0.1, 0.15) is 31.7 Å². The number of nitrogens with one attached hydrogen (secondary N) is 2. The second-order valence-corrected chi connectivity index (χ2v) is 5.57. The minimum Gasteiger partial charge on any atom is -0.484 e. The van der Waals surface area contributed by atoms with Crippen molar-refractivity contribution in [2.24, 2.45) is 10.7 Å². The van der Waals surface area contributed by atoms with Crippen molar-refractivity contribution in [3.05, 3.63) is 29.8 Å². The summed E-state index contributed by atoms with van der Waals surface area (Å²) in [7, 11) is 1.74. The number of nitrogens with two attached hydrogens (primary N) is 1. The zero-order valence-corrected chi connectivity index (χ0v) is 18.0. The van der Waals surface area contributed by atoms with Crippen LogP contribution < -0.4 is 21.1 Å². The van der Waals surface area contributed by atoms with Gasteiger partial charge in [-0.1, -0.05) is 25.5 Å². The second kappa shape index (κ2) is 15.7. The van der Waals surface area contributed by atoms with Gasteiger partial charge in [-0.25, -0.2) is 0 Å². The minimum absolute atomic E-state index is 0. The largest absolute Gasteiger partial charge is 0.484 e. The molecular weight excluding hydrogens is 447 g/mol. The lowest BCUT2D eigenvalue weighted by atomic mass is 10.2. The number of guanidine groups is 1. The SMILES string of the molecule is CCCCOCCCNC(=NC)NCc1cccc(OCC(N)=O)c1.I. The first-order valence-corrected chi connectivity index (χ1v) is 8.68. The quantitative estimate of drug-likeness (QED) is 0.185. The van der Waals surface area contributed by atoms with Gasteiger partial charge >= 0.3 is 0 Å². The number of hydrogen-bond acceptors (Lipinski definition) is 4. The predicted molar refractivity (Wildman–Crippen MR) is 115 cm³/mol. The molecule has 8 heteroatoms. The highest BCUT2D eigenvalue weighted by Crippen LogP contribution is 2.12. The first-order chi connectivity index (χ1) is 12.2. The molecule has 0 aliphatic rings. The molecule has 0 fully saturated rings. The number of halogens is 1. The Balaban J connectivity index is 0.00000625. The number of ether oxygens (including phenoxy) is 2. The zero-order chi connectivity index (χ0) is 18.3. The highest BCUT2D eigenvalue weighted by atomic mass is 127. The number of carbonyl (C=O) groups is 1. The molecule has 1 amide bonds. The first kappa shape index (κ1) is 24.5. The Morgan fingerprint density at radius 1 is 1.23 bits per heavy atom. The number of carbonyl (C=O) groups excluding carboxylic acids is 1. The van der Waals surface area contributed by atoms with E-state index >= 15 is 0 Å². The molecule has 0 atom stereocenters. The van der Waals surface area contributed by atoms with Crippen LogP contribution in [0.2, 0.25) is 0 Å². The summed E-state index contributed by atoms with van der Waals surface area (Å²) in [5.74, 6) is 0.856. The van der Waals surface area contributed by atoms with Crippen molar-refractivity contribution < 1.29 is 14.3 Å². The van der Waals surface area contributed by atoms with E-state index in [9.17, 15) is 4.79 Å². The number of unbranched alkanes of at least 4 members (excludes halogenated alkanes) is 1. The fraction of sp³-hybridized carbons (Fsp3) is 0.556. The summed E-state index contributed by atoms with van der Waals surface area (Å²) in [4.78, 5) is 15.0. The van der Waals surface area contributed by atoms with Crippen LogP contribution in [0.15, 0.2) is 29.3 Å². The standard InChI is InChI=1S/C18H30N4O3.HI/c1-3-4-10-24-11-6-9-21-18(20-2)22-13-15-7-5-8-16(12-15)25-14-17(19)23;/h5,7-8,12H,3-4,6,9-11,13-14H2,1-2H3,(H2,19,23)(H2,20,21,22);1H. The maximum absolute atomic E-state index is 10.8. The van der Waals surface area contributed by atoms with Gasteiger partial charge in [0.25, 0.3) is 5.91 Å². The van der Waals surface area contributed by atoms with E-state index in [2.05, 4.69) is 22.5 Å². The molecule has 7 nitrogen and oxygen atoms in total. The zero-order valence-electron chi connectivity index (χ0n) is 15.6. The fourth-order valence-corrected chi connectivity index (χ4v) is 2.04. The highest BCUT2D eigenvalue weighted by Gasteiger charge is 2.01. The molecule has 0 spiro atoms. The summed E-state index contributed by atoms with van der Waals surface area (Å²) in [6.45, 7) is 5.01. The van der Waals surface area contributed by atoms with Crippen molar-refractivity contribution >= 4 is 35.8 Å². The lowest BCUT2D eigenvalue weighted by Crippen LogP contribution is -2.37. The van der Waals surface area contributed by atoms with Gasteiger partial charge in [-0.2, -0.15) is 0 Å². The van der Waals surface area contributed by atoms with Crippen molar-refractivity contribution in [2.45, 2.75) is 32.7 Å². The molecule has 0 heterocycles. The van der Waals surface area contributed by atoms with Gasteiger partial charge in [0, 0.05) is 33.4 Å². The topological polar surface area (TPSA) is 98.0 Å². The van der Waals surface area contributed by atoms with E-state index < -0.39 is 5.91 Å². The molecule has 4 N–H and O–H groups in total. The van der Waals surface area contributed by atoms with E-state index in [0.29, 0.717) is 12.3 Å². The van der Waals surface area contributed by atoms with Gasteiger partial charge in [0.2, 0.25) is 0 Å². The van der Waals surface area contributed by atoms with E-state index in [1.54, 1.807) is 13.1 Å². The molecular formula is C18H31IN4O3. The van der Waals surface area contributed by atoms with Crippen LogP contribution in [0.4, 0.5) is 0 Å². The molecule has 26 heavy (non-hydrogen) atoms. The van der Waals surface area contributed by atoms with Crippen molar-refractivity contribution in [1.82, 2.24) is 10.6 Å². The van der Waals surface area contributed by atoms with Crippen LogP contribution in [0.25, 0.3) is 0 Å². The average molecular weight is 478 g/mol. The Morgan fingerprint density at radius 2 is 2.00 bits per heavy atom. The van der Waals surface area contributed by atoms with Gasteiger partial charge in [-0.3, -0.25) is 9.79 Å². The van der Waals surface area contributed by atoms with Crippen LogP contribution in [0, 0.1) is 0 Å². The maximum Gasteiger partial charge on any atom is 0.255 e. The smallest absolute Gasteiger partial charge is 0.255 e. The lowest BCUT2D eigenvalue weighted by Gasteiger charge is -2.12. The number of primary amides is 1. The number of nitrogens with zero attached hydrogens (tertiary/aromatic N) is 1. The number of rotatable bonds is 12. The summed E-state index contributed by atoms with van der Waals surface area (Å²) in [5.41, 5.74) is 6.10. The summed E-state index contributed by atoms with van der Waals surface area (Å²) in [6, 6.07) is 7.50. The number of aliphatic imine (C=N–C) groups is 1. The van der Waals surface area contributed by atoms with Crippen molar-refractivity contribution in [3.63, 3.8) is 0 Å². The third-order valence-corrected chi connectivity index (χ3v) is 3.36. The van der Waals surface area contributed by atoms with Crippen molar-refractivity contribution in [3.8, 4) is 5.75 Å². The molecule has 0 radical (unpaired) electrons. The van der Waals surface area contributed by atoms with E-state index in [4.69, 9.17) is 15.2 Å². The Hall–Kier alpha value is -1.55. The highest BCUT2D eigenvalue weighted by molar-refractivity contribution is 14.0. The van der Waals surface area contributed by atoms with Crippen LogP contribution in [-0.4, -0.2) is 45.3 Å². The van der Waals surface area contributed by atoms with Gasteiger partial charge in [0.1, 0.15) is 5.75 Å². The number of benzene rings is 1. The third-order valence-electron chi connectivity index (χ3n) is 3.36. The molecule has 0 unspecified atom stereocenters.